The van der Waals surface area contributed by atoms with Crippen LogP contribution in [0.3, 0.4) is 0 Å². The molecule has 0 aromatic heterocycles. The molecule has 3 heteroatoms. The molecule has 0 aliphatic rings. The first-order chi connectivity index (χ1) is 8.65. The molecule has 2 rings (SSSR count). The summed E-state index contributed by atoms with van der Waals surface area (Å²) in [4.78, 5) is 0. The van der Waals surface area contributed by atoms with Gasteiger partial charge in [0.05, 0.1) is 0 Å². The van der Waals surface area contributed by atoms with Gasteiger partial charge in [0.2, 0.25) is 0 Å². The van der Waals surface area contributed by atoms with Gasteiger partial charge in [-0.1, -0.05) is 12.1 Å². The van der Waals surface area contributed by atoms with Gasteiger partial charge in [-0.25, -0.2) is 8.78 Å². The third-order valence-corrected chi connectivity index (χ3v) is 2.75. The lowest BCUT2D eigenvalue weighted by molar-refractivity contribution is 0.586. The first-order valence-corrected chi connectivity index (χ1v) is 5.89. The lowest BCUT2D eigenvalue weighted by atomic mass is 10.1. The van der Waals surface area contributed by atoms with Gasteiger partial charge in [-0.05, 0) is 54.8 Å². The molecule has 18 heavy (non-hydrogen) atoms. The minimum absolute atomic E-state index is 0.359. The lowest BCUT2D eigenvalue weighted by Crippen LogP contribution is -2.06. The van der Waals surface area contributed by atoms with E-state index in [1.165, 1.54) is 6.07 Å². The van der Waals surface area contributed by atoms with E-state index < -0.39 is 5.82 Å². The Morgan fingerprint density at radius 1 is 1.06 bits per heavy atom. The molecule has 0 radical (unpaired) electrons. The van der Waals surface area contributed by atoms with E-state index in [9.17, 15) is 8.78 Å². The molecule has 0 saturated heterocycles. The highest BCUT2D eigenvalue weighted by Gasteiger charge is 2.03. The van der Waals surface area contributed by atoms with Crippen LogP contribution in [-0.2, 0) is 6.42 Å². The molecule has 2 aromatic carbocycles. The van der Waals surface area contributed by atoms with E-state index in [-0.39, 0.29) is 5.82 Å². The minimum atomic E-state index is -0.401. The van der Waals surface area contributed by atoms with Gasteiger partial charge in [-0.3, -0.25) is 0 Å². The molecule has 0 fully saturated rings. The first-order valence-electron chi connectivity index (χ1n) is 5.89. The molecule has 1 nitrogen and oxygen atoms in total. The monoisotopic (exact) mass is 247 g/mol. The van der Waals surface area contributed by atoms with Crippen LogP contribution in [0.4, 0.5) is 14.5 Å². The number of benzene rings is 2. The topological polar surface area (TPSA) is 12.0 Å². The van der Waals surface area contributed by atoms with E-state index in [4.69, 9.17) is 0 Å². The average molecular weight is 247 g/mol. The maximum Gasteiger partial charge on any atom is 0.126 e. The number of hydrogen-bond acceptors (Lipinski definition) is 1. The fraction of sp³-hybridized carbons (Fsp3) is 0.200. The second-order valence-corrected chi connectivity index (χ2v) is 4.28. The fourth-order valence-corrected chi connectivity index (χ4v) is 1.83. The van der Waals surface area contributed by atoms with Crippen LogP contribution in [0.1, 0.15) is 11.1 Å². The zero-order valence-corrected chi connectivity index (χ0v) is 10.2. The zero-order chi connectivity index (χ0) is 13.0. The van der Waals surface area contributed by atoms with Crippen molar-refractivity contribution < 1.29 is 8.78 Å². The molecular formula is C15H15F2N. The van der Waals surface area contributed by atoms with Crippen LogP contribution in [0.25, 0.3) is 0 Å². The normalized spacial score (nSPS) is 10.4. The highest BCUT2D eigenvalue weighted by Crippen LogP contribution is 2.12. The Labute approximate surface area is 105 Å². The molecule has 0 bridgehead atoms. The fourth-order valence-electron chi connectivity index (χ4n) is 1.83. The maximum atomic E-state index is 13.4. The van der Waals surface area contributed by atoms with Crippen molar-refractivity contribution in [1.29, 1.82) is 0 Å². The summed E-state index contributed by atoms with van der Waals surface area (Å²) in [6, 6.07) is 11.5. The van der Waals surface area contributed by atoms with E-state index in [1.54, 1.807) is 0 Å². The van der Waals surface area contributed by atoms with Crippen LogP contribution in [0, 0.1) is 18.6 Å². The smallest absolute Gasteiger partial charge is 0.126 e. The van der Waals surface area contributed by atoms with Crippen molar-refractivity contribution in [3.05, 3.63) is 65.2 Å². The number of aryl methyl sites for hydroxylation is 1. The molecule has 0 spiro atoms. The van der Waals surface area contributed by atoms with Gasteiger partial charge in [0.1, 0.15) is 11.6 Å². The number of anilines is 1. The van der Waals surface area contributed by atoms with Gasteiger partial charge in [0.25, 0.3) is 0 Å². The molecule has 0 amide bonds. The van der Waals surface area contributed by atoms with Crippen LogP contribution < -0.4 is 5.32 Å². The Morgan fingerprint density at radius 2 is 1.89 bits per heavy atom. The Morgan fingerprint density at radius 3 is 2.67 bits per heavy atom. The van der Waals surface area contributed by atoms with Crippen molar-refractivity contribution >= 4 is 5.69 Å². The lowest BCUT2D eigenvalue weighted by Gasteiger charge is -2.08. The minimum Gasteiger partial charge on any atom is -0.385 e. The summed E-state index contributed by atoms with van der Waals surface area (Å²) in [6.07, 6.45) is 0.456. The second-order valence-electron chi connectivity index (χ2n) is 4.28. The first kappa shape index (κ1) is 12.6. The Kier molecular flexibility index (Phi) is 3.92. The number of rotatable bonds is 4. The summed E-state index contributed by atoms with van der Waals surface area (Å²) in [6.45, 7) is 2.58. The molecule has 0 saturated carbocycles. The molecule has 0 heterocycles. The van der Waals surface area contributed by atoms with Crippen molar-refractivity contribution in [2.24, 2.45) is 0 Å². The highest BCUT2D eigenvalue weighted by atomic mass is 19.1. The van der Waals surface area contributed by atoms with E-state index in [1.807, 2.05) is 31.2 Å². The molecule has 0 atom stereocenters. The van der Waals surface area contributed by atoms with Gasteiger partial charge < -0.3 is 5.32 Å². The van der Waals surface area contributed by atoms with E-state index in [0.29, 0.717) is 18.5 Å². The summed E-state index contributed by atoms with van der Waals surface area (Å²) in [5, 5.41) is 3.19. The molecule has 0 aliphatic heterocycles. The highest BCUT2D eigenvalue weighted by molar-refractivity contribution is 5.45. The average Bonchev–Trinajstić information content (AvgIpc) is 2.34. The van der Waals surface area contributed by atoms with Crippen molar-refractivity contribution in [2.45, 2.75) is 13.3 Å². The Hall–Kier alpha value is -1.90. The number of nitrogens with one attached hydrogen (secondary N) is 1. The van der Waals surface area contributed by atoms with Gasteiger partial charge in [-0.15, -0.1) is 0 Å². The summed E-state index contributed by atoms with van der Waals surface area (Å²) in [5.74, 6) is -0.760. The summed E-state index contributed by atoms with van der Waals surface area (Å²) in [5.41, 5.74) is 2.55. The van der Waals surface area contributed by atoms with Crippen molar-refractivity contribution in [3.8, 4) is 0 Å². The molecule has 94 valence electrons. The molecule has 1 N–H and O–H groups in total. The summed E-state index contributed by atoms with van der Waals surface area (Å²) in [7, 11) is 0. The van der Waals surface area contributed by atoms with Crippen molar-refractivity contribution in [3.63, 3.8) is 0 Å². The number of halogens is 2. The molecule has 2 aromatic rings. The third-order valence-electron chi connectivity index (χ3n) is 2.75. The van der Waals surface area contributed by atoms with Crippen molar-refractivity contribution in [1.82, 2.24) is 0 Å². The van der Waals surface area contributed by atoms with E-state index in [2.05, 4.69) is 5.32 Å². The zero-order valence-electron chi connectivity index (χ0n) is 10.2. The second kappa shape index (κ2) is 5.63. The summed E-state index contributed by atoms with van der Waals surface area (Å²) < 4.78 is 26.3. The van der Waals surface area contributed by atoms with Gasteiger partial charge >= 0.3 is 0 Å². The predicted molar refractivity (Wildman–Crippen MR) is 69.7 cm³/mol. The molecule has 0 unspecified atom stereocenters. The van der Waals surface area contributed by atoms with E-state index in [0.717, 1.165) is 23.4 Å². The quantitative estimate of drug-likeness (QED) is 0.863. The Balaban J connectivity index is 1.94. The van der Waals surface area contributed by atoms with Crippen molar-refractivity contribution in [2.75, 3.05) is 11.9 Å². The SMILES string of the molecule is Cc1cccc(NCCc2cc(F)ccc2F)c1. The van der Waals surface area contributed by atoms with Gasteiger partial charge in [0, 0.05) is 12.2 Å². The largest absolute Gasteiger partial charge is 0.385 e. The molecular weight excluding hydrogens is 232 g/mol. The predicted octanol–water partition coefficient (Wildman–Crippen LogP) is 3.93. The Bertz CT molecular complexity index is 538. The maximum absolute atomic E-state index is 13.4. The summed E-state index contributed by atoms with van der Waals surface area (Å²) >= 11 is 0. The van der Waals surface area contributed by atoms with Crippen LogP contribution >= 0.6 is 0 Å². The number of hydrogen-bond donors (Lipinski definition) is 1. The van der Waals surface area contributed by atoms with Crippen LogP contribution in [-0.4, -0.2) is 6.54 Å². The van der Waals surface area contributed by atoms with Gasteiger partial charge in [0.15, 0.2) is 0 Å². The third kappa shape index (κ3) is 3.29. The van der Waals surface area contributed by atoms with Crippen LogP contribution in [0.2, 0.25) is 0 Å². The van der Waals surface area contributed by atoms with E-state index >= 15 is 0 Å². The standard InChI is InChI=1S/C15H15F2N/c1-11-3-2-4-14(9-11)18-8-7-12-10-13(16)5-6-15(12)17/h2-6,9-10,18H,7-8H2,1H3. The van der Waals surface area contributed by atoms with Crippen LogP contribution in [0.5, 0.6) is 0 Å². The van der Waals surface area contributed by atoms with Crippen LogP contribution in [0.15, 0.2) is 42.5 Å². The molecule has 0 aliphatic carbocycles. The van der Waals surface area contributed by atoms with Gasteiger partial charge in [-0.2, -0.15) is 0 Å².